The fourth-order valence-electron chi connectivity index (χ4n) is 5.59. The fourth-order valence-corrected chi connectivity index (χ4v) is 7.32. The second-order valence-corrected chi connectivity index (χ2v) is 12.1. The van der Waals surface area contributed by atoms with E-state index in [4.69, 9.17) is 17.0 Å². The van der Waals surface area contributed by atoms with Crippen molar-refractivity contribution in [2.24, 2.45) is 0 Å². The summed E-state index contributed by atoms with van der Waals surface area (Å²) in [6, 6.07) is 27.5. The van der Waals surface area contributed by atoms with Gasteiger partial charge in [-0.15, -0.1) is 11.8 Å². The molecule has 0 bridgehead atoms. The number of thioether (sulfide) groups is 1. The molecule has 0 aliphatic carbocycles. The van der Waals surface area contributed by atoms with Gasteiger partial charge < -0.3 is 10.1 Å². The molecule has 1 spiro atoms. The van der Waals surface area contributed by atoms with Gasteiger partial charge in [-0.25, -0.2) is 5.01 Å². The number of benzene rings is 4. The van der Waals surface area contributed by atoms with Crippen molar-refractivity contribution >= 4 is 73.3 Å². The van der Waals surface area contributed by atoms with E-state index in [1.54, 1.807) is 0 Å². The van der Waals surface area contributed by atoms with Crippen LogP contribution in [0.1, 0.15) is 22.7 Å². The molecule has 40 heavy (non-hydrogen) atoms. The molecule has 2 atom stereocenters. The predicted molar refractivity (Wildman–Crippen MR) is 162 cm³/mol. The number of hydrogen-bond acceptors (Lipinski definition) is 6. The number of nitrogens with zero attached hydrogens (tertiary/aromatic N) is 2. The van der Waals surface area contributed by atoms with Gasteiger partial charge in [-0.2, -0.15) is 5.01 Å². The Labute approximate surface area is 248 Å². The molecule has 2 amide bonds. The van der Waals surface area contributed by atoms with Gasteiger partial charge in [-0.3, -0.25) is 20.4 Å². The summed E-state index contributed by atoms with van der Waals surface area (Å²) in [4.78, 5) is 25.1. The quantitative estimate of drug-likeness (QED) is 0.272. The van der Waals surface area contributed by atoms with E-state index in [1.807, 2.05) is 59.6 Å². The monoisotopic (exact) mass is 631 g/mol. The van der Waals surface area contributed by atoms with Crippen molar-refractivity contribution < 1.29 is 14.3 Å². The normalized spacial score (nSPS) is 21.6. The highest BCUT2D eigenvalue weighted by Crippen LogP contribution is 2.51. The van der Waals surface area contributed by atoms with Gasteiger partial charge in [0.25, 0.3) is 11.8 Å². The number of hydrogen-bond donors (Lipinski definition) is 3. The molecule has 0 aromatic heterocycles. The van der Waals surface area contributed by atoms with Gasteiger partial charge >= 0.3 is 0 Å². The number of para-hydroxylation sites is 1. The number of nitrogens with one attached hydrogen (secondary N) is 3. The van der Waals surface area contributed by atoms with Gasteiger partial charge in [0.1, 0.15) is 5.75 Å². The van der Waals surface area contributed by atoms with Gasteiger partial charge in [0.05, 0.1) is 11.8 Å². The molecule has 0 saturated carbocycles. The average molecular weight is 633 g/mol. The first kappa shape index (κ1) is 25.3. The number of halogens is 1. The lowest BCUT2D eigenvalue weighted by atomic mass is 9.91. The lowest BCUT2D eigenvalue weighted by molar-refractivity contribution is -0.138. The van der Waals surface area contributed by atoms with Crippen molar-refractivity contribution in [3.8, 4) is 5.75 Å². The molecule has 200 valence electrons. The Hall–Kier alpha value is -3.64. The standard InChI is InChI=1S/C29H22BrN5O3S2/c30-19-12-9-18(10-13-19)26-25-20-6-2-1-5-17(20)11-14-23(25)38-16-34(26)32-28(39)33-35-24(36)15-40-29(35)21-7-3-4-8-22(21)31-27(29)37/h1-14,26H,15-16H2,(H,31,37)(H2,32,33,39). The third-order valence-electron chi connectivity index (χ3n) is 7.34. The maximum absolute atomic E-state index is 13.2. The number of fused-ring (bicyclic) bond motifs is 5. The molecule has 7 rings (SSSR count). The first-order valence-corrected chi connectivity index (χ1v) is 14.8. The zero-order chi connectivity index (χ0) is 27.4. The minimum Gasteiger partial charge on any atom is -0.476 e. The number of carbonyl (C=O) groups is 2. The van der Waals surface area contributed by atoms with Gasteiger partial charge in [0, 0.05) is 21.3 Å². The van der Waals surface area contributed by atoms with Crippen LogP contribution in [0.2, 0.25) is 0 Å². The van der Waals surface area contributed by atoms with E-state index >= 15 is 0 Å². The SMILES string of the molecule is O=C1CSC2(C(=O)Nc3ccccc32)N1NC(=S)NN1COc2ccc3ccccc3c2C1c1ccc(Br)cc1. The van der Waals surface area contributed by atoms with Crippen molar-refractivity contribution in [1.29, 1.82) is 0 Å². The van der Waals surface area contributed by atoms with Crippen molar-refractivity contribution in [1.82, 2.24) is 20.9 Å². The first-order chi connectivity index (χ1) is 19.5. The Balaban J connectivity index is 1.23. The summed E-state index contributed by atoms with van der Waals surface area (Å²) in [5.74, 6) is 0.421. The minimum atomic E-state index is -1.24. The van der Waals surface area contributed by atoms with E-state index in [2.05, 4.69) is 62.4 Å². The smallest absolute Gasteiger partial charge is 0.267 e. The molecule has 1 fully saturated rings. The molecule has 0 radical (unpaired) electrons. The topological polar surface area (TPSA) is 85.9 Å². The predicted octanol–water partition coefficient (Wildman–Crippen LogP) is 5.02. The van der Waals surface area contributed by atoms with Crippen LogP contribution in [-0.4, -0.2) is 39.4 Å². The van der Waals surface area contributed by atoms with Gasteiger partial charge in [-0.1, -0.05) is 76.6 Å². The van der Waals surface area contributed by atoms with Crippen LogP contribution < -0.4 is 20.9 Å². The number of rotatable bonds is 3. The Morgan fingerprint density at radius 2 is 1.77 bits per heavy atom. The van der Waals surface area contributed by atoms with E-state index in [1.165, 1.54) is 16.8 Å². The lowest BCUT2D eigenvalue weighted by Crippen LogP contribution is -2.60. The fraction of sp³-hybridized carbons (Fsp3) is 0.138. The molecular formula is C29H22BrN5O3S2. The first-order valence-electron chi connectivity index (χ1n) is 12.6. The average Bonchev–Trinajstić information content (AvgIpc) is 3.45. The highest BCUT2D eigenvalue weighted by Gasteiger charge is 2.58. The number of amides is 2. The number of carbonyl (C=O) groups excluding carboxylic acids is 2. The van der Waals surface area contributed by atoms with Gasteiger partial charge in [-0.05, 0) is 52.8 Å². The second kappa shape index (κ2) is 9.77. The van der Waals surface area contributed by atoms with Crippen LogP contribution >= 0.6 is 39.9 Å². The van der Waals surface area contributed by atoms with Crippen LogP contribution in [0.3, 0.4) is 0 Å². The van der Waals surface area contributed by atoms with Crippen molar-refractivity contribution in [3.05, 3.63) is 106 Å². The van der Waals surface area contributed by atoms with E-state index in [9.17, 15) is 9.59 Å². The van der Waals surface area contributed by atoms with Gasteiger partial charge in [0.2, 0.25) is 4.87 Å². The maximum atomic E-state index is 13.2. The molecule has 3 aliphatic rings. The summed E-state index contributed by atoms with van der Waals surface area (Å²) >= 11 is 10.5. The van der Waals surface area contributed by atoms with E-state index in [0.717, 1.165) is 37.7 Å². The van der Waals surface area contributed by atoms with Crippen LogP contribution in [0.5, 0.6) is 5.75 Å². The molecule has 3 aliphatic heterocycles. The second-order valence-electron chi connectivity index (χ2n) is 9.61. The minimum absolute atomic E-state index is 0.144. The summed E-state index contributed by atoms with van der Waals surface area (Å²) in [6.45, 7) is 0.199. The highest BCUT2D eigenvalue weighted by atomic mass is 79.9. The molecule has 4 aromatic carbocycles. The molecule has 4 aromatic rings. The summed E-state index contributed by atoms with van der Waals surface area (Å²) in [7, 11) is 0. The Morgan fingerprint density at radius 3 is 2.62 bits per heavy atom. The Morgan fingerprint density at radius 1 is 1.00 bits per heavy atom. The zero-order valence-electron chi connectivity index (χ0n) is 20.9. The molecule has 3 heterocycles. The van der Waals surface area contributed by atoms with Crippen molar-refractivity contribution in [3.63, 3.8) is 0 Å². The lowest BCUT2D eigenvalue weighted by Gasteiger charge is -2.39. The molecular weight excluding hydrogens is 610 g/mol. The third-order valence-corrected chi connectivity index (χ3v) is 9.44. The highest BCUT2D eigenvalue weighted by molar-refractivity contribution is 9.10. The van der Waals surface area contributed by atoms with Crippen molar-refractivity contribution in [2.75, 3.05) is 17.8 Å². The third kappa shape index (κ3) is 3.95. The van der Waals surface area contributed by atoms with Crippen molar-refractivity contribution in [2.45, 2.75) is 10.9 Å². The summed E-state index contributed by atoms with van der Waals surface area (Å²) in [5, 5.41) is 8.49. The number of ether oxygens (including phenoxy) is 1. The van der Waals surface area contributed by atoms with Crippen LogP contribution in [0.15, 0.2) is 89.4 Å². The Bertz CT molecular complexity index is 1700. The molecule has 11 heteroatoms. The molecule has 3 N–H and O–H groups in total. The van der Waals surface area contributed by atoms with Crippen LogP contribution in [0.25, 0.3) is 10.8 Å². The van der Waals surface area contributed by atoms with Gasteiger partial charge in [0.15, 0.2) is 11.8 Å². The number of anilines is 1. The summed E-state index contributed by atoms with van der Waals surface area (Å²) in [6.07, 6.45) is 0. The van der Waals surface area contributed by atoms with E-state index < -0.39 is 4.87 Å². The largest absolute Gasteiger partial charge is 0.476 e. The number of hydrazine groups is 2. The van der Waals surface area contributed by atoms with E-state index in [-0.39, 0.29) is 35.5 Å². The Kier molecular flexibility index (Phi) is 6.19. The molecule has 8 nitrogen and oxygen atoms in total. The van der Waals surface area contributed by atoms with Crippen LogP contribution in [-0.2, 0) is 14.5 Å². The molecule has 2 unspecified atom stereocenters. The van der Waals surface area contributed by atoms with Crippen LogP contribution in [0.4, 0.5) is 5.69 Å². The zero-order valence-corrected chi connectivity index (χ0v) is 24.1. The summed E-state index contributed by atoms with van der Waals surface area (Å²) < 4.78 is 7.16. The number of thiocarbonyl (C=S) groups is 1. The van der Waals surface area contributed by atoms with Crippen LogP contribution in [0, 0.1) is 0 Å². The van der Waals surface area contributed by atoms with E-state index in [0.29, 0.717) is 5.69 Å². The maximum Gasteiger partial charge on any atom is 0.267 e. The summed E-state index contributed by atoms with van der Waals surface area (Å²) in [5.41, 5.74) is 9.75. The molecule has 1 saturated heterocycles.